The minimum atomic E-state index is 0.565. The van der Waals surface area contributed by atoms with Crippen molar-refractivity contribution in [2.75, 3.05) is 24.7 Å². The Balaban J connectivity index is 2.07. The Kier molecular flexibility index (Phi) is 9.16. The SMILES string of the molecule is CCNC(CCCC1CCCO1)CSCC(C)C. The molecular formula is C15H31NOS. The molecule has 0 aromatic heterocycles. The average Bonchev–Trinajstić information content (AvgIpc) is 2.81. The van der Waals surface area contributed by atoms with E-state index in [1.165, 1.54) is 43.6 Å². The molecule has 1 rings (SSSR count). The maximum absolute atomic E-state index is 5.68. The normalized spacial score (nSPS) is 21.7. The zero-order valence-electron chi connectivity index (χ0n) is 12.4. The third kappa shape index (κ3) is 7.65. The highest BCUT2D eigenvalue weighted by atomic mass is 32.2. The number of ether oxygens (including phenoxy) is 1. The van der Waals surface area contributed by atoms with Gasteiger partial charge in [0, 0.05) is 18.4 Å². The van der Waals surface area contributed by atoms with Gasteiger partial charge in [0.1, 0.15) is 0 Å². The minimum Gasteiger partial charge on any atom is -0.378 e. The Hall–Kier alpha value is 0.270. The van der Waals surface area contributed by atoms with Crippen LogP contribution in [0.3, 0.4) is 0 Å². The van der Waals surface area contributed by atoms with Gasteiger partial charge in [-0.05, 0) is 50.3 Å². The van der Waals surface area contributed by atoms with Crippen molar-refractivity contribution in [3.05, 3.63) is 0 Å². The molecule has 1 heterocycles. The van der Waals surface area contributed by atoms with Crippen LogP contribution in [0.25, 0.3) is 0 Å². The Morgan fingerprint density at radius 2 is 2.17 bits per heavy atom. The molecule has 0 bridgehead atoms. The lowest BCUT2D eigenvalue weighted by molar-refractivity contribution is 0.101. The van der Waals surface area contributed by atoms with Crippen molar-refractivity contribution < 1.29 is 4.74 Å². The van der Waals surface area contributed by atoms with Gasteiger partial charge in [-0.1, -0.05) is 20.8 Å². The number of rotatable bonds is 10. The molecule has 0 aromatic carbocycles. The Labute approximate surface area is 118 Å². The summed E-state index contributed by atoms with van der Waals surface area (Å²) in [6.07, 6.45) is 7.00. The number of nitrogens with one attached hydrogen (secondary N) is 1. The van der Waals surface area contributed by atoms with Crippen molar-refractivity contribution in [3.63, 3.8) is 0 Å². The molecule has 1 N–H and O–H groups in total. The maximum atomic E-state index is 5.68. The second kappa shape index (κ2) is 10.1. The predicted molar refractivity (Wildman–Crippen MR) is 82.5 cm³/mol. The van der Waals surface area contributed by atoms with Crippen LogP contribution in [0.2, 0.25) is 0 Å². The van der Waals surface area contributed by atoms with Gasteiger partial charge >= 0.3 is 0 Å². The molecular weight excluding hydrogens is 242 g/mol. The van der Waals surface area contributed by atoms with Crippen LogP contribution in [-0.2, 0) is 4.74 Å². The van der Waals surface area contributed by atoms with E-state index in [9.17, 15) is 0 Å². The van der Waals surface area contributed by atoms with E-state index >= 15 is 0 Å². The van der Waals surface area contributed by atoms with Crippen LogP contribution < -0.4 is 5.32 Å². The van der Waals surface area contributed by atoms with E-state index < -0.39 is 0 Å². The van der Waals surface area contributed by atoms with Crippen molar-refractivity contribution in [2.24, 2.45) is 5.92 Å². The molecule has 0 amide bonds. The lowest BCUT2D eigenvalue weighted by Gasteiger charge is -2.19. The molecule has 0 spiro atoms. The van der Waals surface area contributed by atoms with Crippen molar-refractivity contribution in [1.29, 1.82) is 0 Å². The average molecular weight is 273 g/mol. The van der Waals surface area contributed by atoms with E-state index in [1.807, 2.05) is 0 Å². The Morgan fingerprint density at radius 3 is 2.78 bits per heavy atom. The minimum absolute atomic E-state index is 0.565. The van der Waals surface area contributed by atoms with Crippen LogP contribution in [0.1, 0.15) is 52.9 Å². The molecule has 0 saturated carbocycles. The van der Waals surface area contributed by atoms with Crippen molar-refractivity contribution in [2.45, 2.75) is 65.0 Å². The summed E-state index contributed by atoms with van der Waals surface area (Å²) < 4.78 is 5.68. The molecule has 108 valence electrons. The van der Waals surface area contributed by atoms with Gasteiger partial charge in [0.15, 0.2) is 0 Å². The van der Waals surface area contributed by atoms with E-state index in [2.05, 4.69) is 37.8 Å². The second-order valence-corrected chi connectivity index (χ2v) is 6.83. The molecule has 2 nitrogen and oxygen atoms in total. The highest BCUT2D eigenvalue weighted by Crippen LogP contribution is 2.19. The third-order valence-corrected chi connectivity index (χ3v) is 4.91. The highest BCUT2D eigenvalue weighted by molar-refractivity contribution is 7.99. The summed E-state index contributed by atoms with van der Waals surface area (Å²) in [5, 5.41) is 3.62. The van der Waals surface area contributed by atoms with E-state index in [1.54, 1.807) is 0 Å². The molecule has 0 aromatic rings. The molecule has 2 atom stereocenters. The van der Waals surface area contributed by atoms with Crippen LogP contribution in [-0.4, -0.2) is 36.8 Å². The summed E-state index contributed by atoms with van der Waals surface area (Å²) in [7, 11) is 0. The summed E-state index contributed by atoms with van der Waals surface area (Å²) in [6.45, 7) is 8.89. The molecule has 3 heteroatoms. The fourth-order valence-corrected chi connectivity index (χ4v) is 3.62. The summed E-state index contributed by atoms with van der Waals surface area (Å²) >= 11 is 2.10. The molecule has 2 unspecified atom stereocenters. The number of hydrogen-bond acceptors (Lipinski definition) is 3. The van der Waals surface area contributed by atoms with Gasteiger partial charge in [-0.2, -0.15) is 11.8 Å². The van der Waals surface area contributed by atoms with E-state index in [0.29, 0.717) is 12.1 Å². The van der Waals surface area contributed by atoms with Gasteiger partial charge in [0.2, 0.25) is 0 Å². The zero-order chi connectivity index (χ0) is 13.2. The van der Waals surface area contributed by atoms with Gasteiger partial charge in [-0.15, -0.1) is 0 Å². The van der Waals surface area contributed by atoms with Crippen molar-refractivity contribution >= 4 is 11.8 Å². The fourth-order valence-electron chi connectivity index (χ4n) is 2.44. The smallest absolute Gasteiger partial charge is 0.0576 e. The lowest BCUT2D eigenvalue weighted by atomic mass is 10.1. The topological polar surface area (TPSA) is 21.3 Å². The van der Waals surface area contributed by atoms with E-state index in [4.69, 9.17) is 4.74 Å². The van der Waals surface area contributed by atoms with Gasteiger partial charge < -0.3 is 10.1 Å². The van der Waals surface area contributed by atoms with Gasteiger partial charge in [-0.25, -0.2) is 0 Å². The first-order valence-corrected chi connectivity index (χ1v) is 8.80. The number of hydrogen-bond donors (Lipinski definition) is 1. The molecule has 0 radical (unpaired) electrons. The molecule has 1 fully saturated rings. The molecule has 1 aliphatic heterocycles. The largest absolute Gasteiger partial charge is 0.378 e. The summed E-state index contributed by atoms with van der Waals surface area (Å²) in [5.41, 5.74) is 0. The Morgan fingerprint density at radius 1 is 1.33 bits per heavy atom. The molecule has 0 aliphatic carbocycles. The van der Waals surface area contributed by atoms with Crippen LogP contribution in [0.4, 0.5) is 0 Å². The zero-order valence-corrected chi connectivity index (χ0v) is 13.2. The van der Waals surface area contributed by atoms with Gasteiger partial charge in [0.25, 0.3) is 0 Å². The first-order chi connectivity index (χ1) is 8.72. The van der Waals surface area contributed by atoms with Crippen molar-refractivity contribution in [3.8, 4) is 0 Å². The van der Waals surface area contributed by atoms with Crippen LogP contribution in [0.5, 0.6) is 0 Å². The van der Waals surface area contributed by atoms with E-state index in [-0.39, 0.29) is 0 Å². The Bertz CT molecular complexity index is 193. The predicted octanol–water partition coefficient (Wildman–Crippen LogP) is 3.70. The summed E-state index contributed by atoms with van der Waals surface area (Å²) in [6, 6.07) is 0.695. The summed E-state index contributed by atoms with van der Waals surface area (Å²) in [4.78, 5) is 0. The summed E-state index contributed by atoms with van der Waals surface area (Å²) in [5.74, 6) is 3.36. The highest BCUT2D eigenvalue weighted by Gasteiger charge is 2.16. The standard InChI is InChI=1S/C15H31NOS/c1-4-16-14(12-18-11-13(2)3)7-5-8-15-9-6-10-17-15/h13-16H,4-12H2,1-3H3. The van der Waals surface area contributed by atoms with Gasteiger partial charge in [-0.3, -0.25) is 0 Å². The third-order valence-electron chi connectivity index (χ3n) is 3.37. The first-order valence-electron chi connectivity index (χ1n) is 7.65. The van der Waals surface area contributed by atoms with Crippen LogP contribution in [0.15, 0.2) is 0 Å². The fraction of sp³-hybridized carbons (Fsp3) is 1.00. The van der Waals surface area contributed by atoms with Crippen molar-refractivity contribution in [1.82, 2.24) is 5.32 Å². The molecule has 1 aliphatic rings. The lowest BCUT2D eigenvalue weighted by Crippen LogP contribution is -2.31. The quantitative estimate of drug-likeness (QED) is 0.656. The van der Waals surface area contributed by atoms with Gasteiger partial charge in [0.05, 0.1) is 6.10 Å². The first kappa shape index (κ1) is 16.3. The molecule has 18 heavy (non-hydrogen) atoms. The van der Waals surface area contributed by atoms with E-state index in [0.717, 1.165) is 19.1 Å². The number of thioether (sulfide) groups is 1. The van der Waals surface area contributed by atoms with Crippen LogP contribution >= 0.6 is 11.8 Å². The molecule has 1 saturated heterocycles. The maximum Gasteiger partial charge on any atom is 0.0576 e. The van der Waals surface area contributed by atoms with Crippen LogP contribution in [0, 0.1) is 5.92 Å². The monoisotopic (exact) mass is 273 g/mol. The second-order valence-electron chi connectivity index (χ2n) is 5.75.